The molecule has 3 rings (SSSR count). The second-order valence-corrected chi connectivity index (χ2v) is 6.53. The lowest BCUT2D eigenvalue weighted by Crippen LogP contribution is -2.48. The Morgan fingerprint density at radius 2 is 1.77 bits per heavy atom. The summed E-state index contributed by atoms with van der Waals surface area (Å²) in [7, 11) is 0. The normalized spacial score (nSPS) is 20.5. The molecule has 0 unspecified atom stereocenters. The molecule has 0 amide bonds. The van der Waals surface area contributed by atoms with E-state index in [1.165, 1.54) is 18.6 Å². The van der Waals surface area contributed by atoms with Crippen LogP contribution in [0.15, 0.2) is 16.6 Å². The second-order valence-electron chi connectivity index (χ2n) is 5.68. The van der Waals surface area contributed by atoms with Gasteiger partial charge < -0.3 is 5.32 Å². The van der Waals surface area contributed by atoms with Crippen LogP contribution in [-0.2, 0) is 0 Å². The van der Waals surface area contributed by atoms with Crippen LogP contribution in [0.3, 0.4) is 0 Å². The van der Waals surface area contributed by atoms with Crippen LogP contribution in [0.5, 0.6) is 0 Å². The third kappa shape index (κ3) is 3.93. The molecule has 0 radical (unpaired) electrons. The SMILES string of the molecule is Cl.Cl.Fc1ccc(Br)c(F)c1[C@@H](C1CCC1)N1CCNCC1. The fraction of sp³-hybridized carbons (Fsp3) is 0.600. The second kappa shape index (κ2) is 8.78. The van der Waals surface area contributed by atoms with Crippen molar-refractivity contribution in [1.82, 2.24) is 10.2 Å². The molecule has 22 heavy (non-hydrogen) atoms. The first-order chi connectivity index (χ1) is 9.68. The molecule has 0 spiro atoms. The molecule has 1 aliphatic heterocycles. The monoisotopic (exact) mass is 416 g/mol. The van der Waals surface area contributed by atoms with Crippen molar-refractivity contribution in [3.63, 3.8) is 0 Å². The fourth-order valence-electron chi connectivity index (χ4n) is 3.25. The van der Waals surface area contributed by atoms with Gasteiger partial charge in [-0.15, -0.1) is 24.8 Å². The lowest BCUT2D eigenvalue weighted by molar-refractivity contribution is 0.0783. The maximum absolute atomic E-state index is 14.5. The molecule has 7 heteroatoms. The summed E-state index contributed by atoms with van der Waals surface area (Å²) in [5, 5.41) is 3.30. The average molecular weight is 418 g/mol. The molecular weight excluding hydrogens is 397 g/mol. The maximum Gasteiger partial charge on any atom is 0.145 e. The van der Waals surface area contributed by atoms with E-state index in [-0.39, 0.29) is 36.4 Å². The van der Waals surface area contributed by atoms with Crippen molar-refractivity contribution in [2.24, 2.45) is 5.92 Å². The van der Waals surface area contributed by atoms with Crippen molar-refractivity contribution < 1.29 is 8.78 Å². The quantitative estimate of drug-likeness (QED) is 0.736. The number of benzene rings is 1. The molecule has 1 saturated heterocycles. The molecule has 1 aromatic carbocycles. The van der Waals surface area contributed by atoms with Crippen molar-refractivity contribution in [2.45, 2.75) is 25.3 Å². The number of rotatable bonds is 3. The summed E-state index contributed by atoms with van der Waals surface area (Å²) in [4.78, 5) is 2.24. The first kappa shape index (κ1) is 20.1. The van der Waals surface area contributed by atoms with Crippen LogP contribution < -0.4 is 5.32 Å². The van der Waals surface area contributed by atoms with Crippen LogP contribution in [0.1, 0.15) is 30.9 Å². The topological polar surface area (TPSA) is 15.3 Å². The smallest absolute Gasteiger partial charge is 0.145 e. The third-order valence-corrected chi connectivity index (χ3v) is 5.13. The molecule has 1 N–H and O–H groups in total. The summed E-state index contributed by atoms with van der Waals surface area (Å²) in [6, 6.07) is 2.70. The Morgan fingerprint density at radius 3 is 2.32 bits per heavy atom. The predicted molar refractivity (Wildman–Crippen MR) is 93.1 cm³/mol. The Balaban J connectivity index is 0.00000121. The highest BCUT2D eigenvalue weighted by molar-refractivity contribution is 9.10. The lowest BCUT2D eigenvalue weighted by Gasteiger charge is -2.43. The van der Waals surface area contributed by atoms with E-state index in [2.05, 4.69) is 26.1 Å². The molecule has 0 bridgehead atoms. The van der Waals surface area contributed by atoms with E-state index in [9.17, 15) is 8.78 Å². The molecule has 1 saturated carbocycles. The zero-order valence-corrected chi connectivity index (χ0v) is 15.4. The average Bonchev–Trinajstić information content (AvgIpc) is 2.41. The molecule has 2 aliphatic rings. The Hall–Kier alpha value is 0.0600. The van der Waals surface area contributed by atoms with Crippen molar-refractivity contribution >= 4 is 40.7 Å². The molecule has 2 nitrogen and oxygen atoms in total. The third-order valence-electron chi connectivity index (χ3n) is 4.52. The number of halogens is 5. The van der Waals surface area contributed by atoms with E-state index in [1.54, 1.807) is 0 Å². The van der Waals surface area contributed by atoms with E-state index in [0.717, 1.165) is 39.0 Å². The van der Waals surface area contributed by atoms with Gasteiger partial charge in [-0.3, -0.25) is 4.90 Å². The summed E-state index contributed by atoms with van der Waals surface area (Å²) >= 11 is 3.19. The number of nitrogens with zero attached hydrogens (tertiary/aromatic N) is 1. The van der Waals surface area contributed by atoms with Crippen LogP contribution >= 0.6 is 40.7 Å². The van der Waals surface area contributed by atoms with Gasteiger partial charge in [-0.1, -0.05) is 6.42 Å². The molecule has 2 fully saturated rings. The Morgan fingerprint density at radius 1 is 1.14 bits per heavy atom. The number of piperazine rings is 1. The molecule has 1 aliphatic carbocycles. The predicted octanol–water partition coefficient (Wildman–Crippen LogP) is 4.32. The molecule has 0 aromatic heterocycles. The van der Waals surface area contributed by atoms with Crippen molar-refractivity contribution in [3.05, 3.63) is 33.8 Å². The minimum Gasteiger partial charge on any atom is -0.314 e. The van der Waals surface area contributed by atoms with E-state index in [1.807, 2.05) is 0 Å². The van der Waals surface area contributed by atoms with Gasteiger partial charge >= 0.3 is 0 Å². The van der Waals surface area contributed by atoms with Crippen LogP contribution in [0.2, 0.25) is 0 Å². The maximum atomic E-state index is 14.5. The van der Waals surface area contributed by atoms with E-state index in [0.29, 0.717) is 10.4 Å². The highest BCUT2D eigenvalue weighted by Gasteiger charge is 2.37. The first-order valence-corrected chi connectivity index (χ1v) is 8.06. The summed E-state index contributed by atoms with van der Waals surface area (Å²) in [6.45, 7) is 3.49. The lowest BCUT2D eigenvalue weighted by atomic mass is 9.76. The van der Waals surface area contributed by atoms with Gasteiger partial charge in [-0.05, 0) is 46.8 Å². The highest BCUT2D eigenvalue weighted by Crippen LogP contribution is 2.43. The van der Waals surface area contributed by atoms with Crippen LogP contribution in [-0.4, -0.2) is 31.1 Å². The standard InChI is InChI=1S/C15H19BrF2N2.2ClH/c16-11-4-5-12(17)13(14(11)18)15(10-2-1-3-10)20-8-6-19-7-9-20;;/h4-5,10,15,19H,1-3,6-9H2;2*1H/t15-;;/m1../s1. The first-order valence-electron chi connectivity index (χ1n) is 7.26. The van der Waals surface area contributed by atoms with Gasteiger partial charge in [0.25, 0.3) is 0 Å². The van der Waals surface area contributed by atoms with Gasteiger partial charge in [0.05, 0.1) is 4.47 Å². The van der Waals surface area contributed by atoms with Crippen LogP contribution in [0, 0.1) is 17.6 Å². The van der Waals surface area contributed by atoms with Gasteiger partial charge in [0, 0.05) is 37.8 Å². The van der Waals surface area contributed by atoms with Gasteiger partial charge in [0.15, 0.2) is 0 Å². The minimum atomic E-state index is -0.430. The molecule has 1 heterocycles. The van der Waals surface area contributed by atoms with Crippen LogP contribution in [0.4, 0.5) is 8.78 Å². The molecule has 1 aromatic rings. The highest BCUT2D eigenvalue weighted by atomic mass is 79.9. The van der Waals surface area contributed by atoms with Gasteiger partial charge in [-0.25, -0.2) is 8.78 Å². The summed E-state index contributed by atoms with van der Waals surface area (Å²) in [5.41, 5.74) is 0.256. The van der Waals surface area contributed by atoms with Gasteiger partial charge in [0.1, 0.15) is 11.6 Å². The van der Waals surface area contributed by atoms with Gasteiger partial charge in [0.2, 0.25) is 0 Å². The van der Waals surface area contributed by atoms with Crippen molar-refractivity contribution in [2.75, 3.05) is 26.2 Å². The van der Waals surface area contributed by atoms with E-state index in [4.69, 9.17) is 0 Å². The number of nitrogens with one attached hydrogen (secondary N) is 1. The number of hydrogen-bond donors (Lipinski definition) is 1. The largest absolute Gasteiger partial charge is 0.314 e. The van der Waals surface area contributed by atoms with Crippen molar-refractivity contribution in [3.8, 4) is 0 Å². The fourth-order valence-corrected chi connectivity index (χ4v) is 3.59. The summed E-state index contributed by atoms with van der Waals surface area (Å²) < 4.78 is 29.1. The van der Waals surface area contributed by atoms with Crippen LogP contribution in [0.25, 0.3) is 0 Å². The Bertz CT molecular complexity index is 495. The number of hydrogen-bond acceptors (Lipinski definition) is 2. The zero-order chi connectivity index (χ0) is 14.1. The zero-order valence-electron chi connectivity index (χ0n) is 12.2. The Labute approximate surface area is 151 Å². The van der Waals surface area contributed by atoms with Crippen molar-refractivity contribution in [1.29, 1.82) is 0 Å². The van der Waals surface area contributed by atoms with Gasteiger partial charge in [-0.2, -0.15) is 0 Å². The Kier molecular flexibility index (Phi) is 8.03. The van der Waals surface area contributed by atoms with E-state index >= 15 is 0 Å². The molecule has 1 atom stereocenters. The molecular formula is C15H21BrCl2F2N2. The minimum absolute atomic E-state index is 0. The molecule has 126 valence electrons. The van der Waals surface area contributed by atoms with E-state index < -0.39 is 11.6 Å². The summed E-state index contributed by atoms with van der Waals surface area (Å²) in [5.74, 6) is -0.465. The summed E-state index contributed by atoms with van der Waals surface area (Å²) in [6.07, 6.45) is 3.31.